The number of nitrogens with zero attached hydrogens (tertiary/aromatic N) is 2. The Hall–Kier alpha value is -2.05. The maximum atomic E-state index is 6.13. The Balaban J connectivity index is 1.29. The Labute approximate surface area is 186 Å². The van der Waals surface area contributed by atoms with Gasteiger partial charge in [-0.3, -0.25) is 4.99 Å². The molecule has 2 N–H and O–H groups in total. The molecule has 1 atom stereocenters. The second-order valence-electron chi connectivity index (χ2n) is 8.65. The predicted molar refractivity (Wildman–Crippen MR) is 127 cm³/mol. The Morgan fingerprint density at radius 3 is 2.84 bits per heavy atom. The van der Waals surface area contributed by atoms with E-state index in [1.165, 1.54) is 28.5 Å². The van der Waals surface area contributed by atoms with Crippen LogP contribution in [-0.2, 0) is 22.3 Å². The molecule has 6 heteroatoms. The van der Waals surface area contributed by atoms with E-state index < -0.39 is 0 Å². The van der Waals surface area contributed by atoms with Crippen LogP contribution in [0.25, 0.3) is 10.9 Å². The summed E-state index contributed by atoms with van der Waals surface area (Å²) in [6.45, 7) is 9.67. The molecule has 1 aromatic carbocycles. The number of piperidine rings is 1. The predicted octanol–water partition coefficient (Wildman–Crippen LogP) is 3.90. The summed E-state index contributed by atoms with van der Waals surface area (Å²) in [4.78, 5) is 10.8. The van der Waals surface area contributed by atoms with E-state index >= 15 is 0 Å². The molecule has 170 valence electrons. The van der Waals surface area contributed by atoms with Crippen molar-refractivity contribution in [3.8, 4) is 0 Å². The molecule has 0 aliphatic carbocycles. The van der Waals surface area contributed by atoms with Crippen molar-refractivity contribution in [2.45, 2.75) is 64.6 Å². The van der Waals surface area contributed by atoms with Gasteiger partial charge in [0.2, 0.25) is 0 Å². The first-order valence-corrected chi connectivity index (χ1v) is 12.1. The molecule has 6 nitrogen and oxygen atoms in total. The van der Waals surface area contributed by atoms with Crippen molar-refractivity contribution in [1.29, 1.82) is 0 Å². The molecule has 2 aromatic rings. The van der Waals surface area contributed by atoms with Gasteiger partial charge in [0.15, 0.2) is 5.96 Å². The third kappa shape index (κ3) is 5.60. The molecular formula is C25H38N4O2. The number of aliphatic imine (C=N–C) groups is 1. The van der Waals surface area contributed by atoms with Crippen molar-refractivity contribution >= 4 is 16.9 Å². The van der Waals surface area contributed by atoms with Gasteiger partial charge in [0.25, 0.3) is 0 Å². The van der Waals surface area contributed by atoms with E-state index in [0.29, 0.717) is 12.2 Å². The molecule has 0 amide bonds. The number of guanidine groups is 1. The average Bonchev–Trinajstić information content (AvgIpc) is 3.47. The van der Waals surface area contributed by atoms with E-state index in [4.69, 9.17) is 14.5 Å². The fourth-order valence-electron chi connectivity index (χ4n) is 4.74. The fraction of sp³-hybridized carbons (Fsp3) is 0.640. The van der Waals surface area contributed by atoms with Crippen LogP contribution in [0.5, 0.6) is 0 Å². The van der Waals surface area contributed by atoms with Crippen LogP contribution in [0.1, 0.15) is 50.7 Å². The summed E-state index contributed by atoms with van der Waals surface area (Å²) < 4.78 is 11.8. The third-order valence-corrected chi connectivity index (χ3v) is 6.53. The molecule has 3 heterocycles. The zero-order valence-corrected chi connectivity index (χ0v) is 19.2. The quantitative estimate of drug-likeness (QED) is 0.496. The Bertz CT molecular complexity index is 848. The number of aromatic amines is 1. The van der Waals surface area contributed by atoms with Gasteiger partial charge >= 0.3 is 0 Å². The SMILES string of the molecule is CCNC(=NCCc1c[nH]c2c(CC)cccc12)N1CCC(OCC2CCCO2)CC1. The van der Waals surface area contributed by atoms with E-state index in [9.17, 15) is 0 Å². The highest BCUT2D eigenvalue weighted by molar-refractivity contribution is 5.86. The molecular weight excluding hydrogens is 388 g/mol. The maximum Gasteiger partial charge on any atom is 0.193 e. The van der Waals surface area contributed by atoms with Crippen LogP contribution >= 0.6 is 0 Å². The van der Waals surface area contributed by atoms with E-state index in [-0.39, 0.29) is 0 Å². The van der Waals surface area contributed by atoms with Crippen LogP contribution in [0.3, 0.4) is 0 Å². The van der Waals surface area contributed by atoms with E-state index in [1.807, 2.05) is 0 Å². The van der Waals surface area contributed by atoms with Crippen molar-refractivity contribution in [3.05, 3.63) is 35.5 Å². The molecule has 4 rings (SSSR count). The standard InChI is InChI=1S/C25H38N4O2/c1-3-19-7-5-9-23-20(17-28-24(19)23)10-13-27-25(26-4-2)29-14-11-21(12-15-29)31-18-22-8-6-16-30-22/h5,7,9,17,21-22,28H,3-4,6,8,10-16,18H2,1-2H3,(H,26,27). The Morgan fingerprint density at radius 1 is 1.23 bits per heavy atom. The lowest BCUT2D eigenvalue weighted by molar-refractivity contribution is -0.0367. The third-order valence-electron chi connectivity index (χ3n) is 6.53. The number of benzene rings is 1. The first-order valence-electron chi connectivity index (χ1n) is 12.1. The lowest BCUT2D eigenvalue weighted by Crippen LogP contribution is -2.47. The van der Waals surface area contributed by atoms with E-state index in [2.05, 4.69) is 53.4 Å². The molecule has 0 saturated carbocycles. The number of aryl methyl sites for hydroxylation is 1. The van der Waals surface area contributed by atoms with Gasteiger partial charge in [-0.05, 0) is 56.6 Å². The van der Waals surface area contributed by atoms with Gasteiger partial charge in [-0.25, -0.2) is 0 Å². The largest absolute Gasteiger partial charge is 0.376 e. The van der Waals surface area contributed by atoms with Crippen LogP contribution in [0.4, 0.5) is 0 Å². The lowest BCUT2D eigenvalue weighted by atomic mass is 10.1. The highest BCUT2D eigenvalue weighted by atomic mass is 16.5. The normalized spacial score (nSPS) is 20.6. The molecule has 2 aliphatic rings. The van der Waals surface area contributed by atoms with E-state index in [1.54, 1.807) is 0 Å². The molecule has 31 heavy (non-hydrogen) atoms. The summed E-state index contributed by atoms with van der Waals surface area (Å²) in [5, 5.41) is 4.82. The van der Waals surface area contributed by atoms with Gasteiger partial charge in [-0.15, -0.1) is 0 Å². The van der Waals surface area contributed by atoms with Crippen molar-refractivity contribution < 1.29 is 9.47 Å². The molecule has 2 saturated heterocycles. The zero-order valence-electron chi connectivity index (χ0n) is 19.2. The molecule has 0 bridgehead atoms. The maximum absolute atomic E-state index is 6.13. The van der Waals surface area contributed by atoms with Crippen LogP contribution < -0.4 is 5.32 Å². The Kier molecular flexibility index (Phi) is 7.86. The minimum atomic E-state index is 0.315. The van der Waals surface area contributed by atoms with Gasteiger partial charge in [0.1, 0.15) is 0 Å². The van der Waals surface area contributed by atoms with Gasteiger partial charge in [-0.1, -0.05) is 25.1 Å². The number of hydrogen-bond donors (Lipinski definition) is 2. The van der Waals surface area contributed by atoms with Crippen LogP contribution in [0, 0.1) is 0 Å². The number of hydrogen-bond acceptors (Lipinski definition) is 3. The number of nitrogens with one attached hydrogen (secondary N) is 2. The van der Waals surface area contributed by atoms with Crippen LogP contribution in [0.15, 0.2) is 29.4 Å². The summed E-state index contributed by atoms with van der Waals surface area (Å²) in [7, 11) is 0. The second kappa shape index (κ2) is 11.0. The molecule has 1 unspecified atom stereocenters. The van der Waals surface area contributed by atoms with Crippen molar-refractivity contribution in [2.75, 3.05) is 39.4 Å². The number of H-pyrrole nitrogens is 1. The summed E-state index contributed by atoms with van der Waals surface area (Å²) in [5.74, 6) is 1.04. The van der Waals surface area contributed by atoms with E-state index in [0.717, 1.165) is 77.5 Å². The minimum absolute atomic E-state index is 0.315. The van der Waals surface area contributed by atoms with Crippen molar-refractivity contribution in [1.82, 2.24) is 15.2 Å². The number of ether oxygens (including phenoxy) is 2. The molecule has 0 radical (unpaired) electrons. The van der Waals surface area contributed by atoms with Gasteiger partial charge < -0.3 is 24.7 Å². The first kappa shape index (κ1) is 22.2. The van der Waals surface area contributed by atoms with Crippen molar-refractivity contribution in [3.63, 3.8) is 0 Å². The van der Waals surface area contributed by atoms with Gasteiger partial charge in [-0.2, -0.15) is 0 Å². The molecule has 2 aliphatic heterocycles. The average molecular weight is 427 g/mol. The number of fused-ring (bicyclic) bond motifs is 1. The van der Waals surface area contributed by atoms with Crippen molar-refractivity contribution in [2.24, 2.45) is 4.99 Å². The first-order chi connectivity index (χ1) is 15.3. The topological polar surface area (TPSA) is 61.9 Å². The zero-order chi connectivity index (χ0) is 21.5. The monoisotopic (exact) mass is 426 g/mol. The minimum Gasteiger partial charge on any atom is -0.376 e. The van der Waals surface area contributed by atoms with Crippen LogP contribution in [0.2, 0.25) is 0 Å². The fourth-order valence-corrected chi connectivity index (χ4v) is 4.74. The Morgan fingerprint density at radius 2 is 2.10 bits per heavy atom. The molecule has 0 spiro atoms. The number of rotatable bonds is 8. The summed E-state index contributed by atoms with van der Waals surface area (Å²) >= 11 is 0. The number of para-hydroxylation sites is 1. The molecule has 2 fully saturated rings. The number of aromatic nitrogens is 1. The smallest absolute Gasteiger partial charge is 0.193 e. The summed E-state index contributed by atoms with van der Waals surface area (Å²) in [5.41, 5.74) is 4.01. The van der Waals surface area contributed by atoms with Gasteiger partial charge in [0, 0.05) is 49.9 Å². The summed E-state index contributed by atoms with van der Waals surface area (Å²) in [6, 6.07) is 6.59. The number of likely N-dealkylation sites (tertiary alicyclic amines) is 1. The highest BCUT2D eigenvalue weighted by Crippen LogP contribution is 2.23. The molecule has 1 aromatic heterocycles. The second-order valence-corrected chi connectivity index (χ2v) is 8.65. The van der Waals surface area contributed by atoms with Crippen LogP contribution in [-0.4, -0.2) is 67.4 Å². The van der Waals surface area contributed by atoms with Gasteiger partial charge in [0.05, 0.1) is 18.8 Å². The summed E-state index contributed by atoms with van der Waals surface area (Å²) in [6.07, 6.45) is 9.25. The highest BCUT2D eigenvalue weighted by Gasteiger charge is 2.24. The lowest BCUT2D eigenvalue weighted by Gasteiger charge is -2.34.